The molecule has 8 heteroatoms. The number of amides is 2. The fraction of sp³-hybridized carbons (Fsp3) is 0.500. The van der Waals surface area contributed by atoms with Crippen molar-refractivity contribution in [2.24, 2.45) is 5.41 Å². The Labute approximate surface area is 162 Å². The van der Waals surface area contributed by atoms with Crippen molar-refractivity contribution in [3.8, 4) is 0 Å². The molecule has 1 aliphatic rings. The number of anilines is 1. The zero-order valence-electron chi connectivity index (χ0n) is 15.2. The Morgan fingerprint density at radius 1 is 1.23 bits per heavy atom. The third-order valence-electron chi connectivity index (χ3n) is 4.59. The summed E-state index contributed by atoms with van der Waals surface area (Å²) >= 11 is 11.8. The van der Waals surface area contributed by atoms with E-state index in [2.05, 4.69) is 5.32 Å². The average Bonchev–Trinajstić information content (AvgIpc) is 3.07. The molecule has 1 saturated carbocycles. The first-order valence-electron chi connectivity index (χ1n) is 8.13. The van der Waals surface area contributed by atoms with Crippen molar-refractivity contribution in [3.63, 3.8) is 0 Å². The van der Waals surface area contributed by atoms with Gasteiger partial charge in [0.1, 0.15) is 9.75 Å². The number of likely N-dealkylation sites (N-methyl/N-ethyl adjacent to an activating group) is 1. The van der Waals surface area contributed by atoms with E-state index < -0.39 is 28.2 Å². The summed E-state index contributed by atoms with van der Waals surface area (Å²) in [6.45, 7) is 4.75. The second-order valence-corrected chi connectivity index (χ2v) is 8.34. The number of benzene rings is 1. The number of nitrogens with zero attached hydrogens (tertiary/aromatic N) is 1. The number of aryl methyl sites for hydroxylation is 2. The number of rotatable bonds is 6. The molecule has 2 amide bonds. The summed E-state index contributed by atoms with van der Waals surface area (Å²) < 4.78 is 3.85. The summed E-state index contributed by atoms with van der Waals surface area (Å²) in [6.07, 6.45) is 0.282. The van der Waals surface area contributed by atoms with Crippen LogP contribution in [0.5, 0.6) is 0 Å². The van der Waals surface area contributed by atoms with Crippen LogP contribution in [0.2, 0.25) is 0 Å². The van der Waals surface area contributed by atoms with Crippen LogP contribution in [-0.4, -0.2) is 47.2 Å². The fourth-order valence-electron chi connectivity index (χ4n) is 2.51. The summed E-state index contributed by atoms with van der Waals surface area (Å²) in [5.41, 5.74) is 1.61. The molecule has 0 bridgehead atoms. The lowest BCUT2D eigenvalue weighted by atomic mass is 10.1. The van der Waals surface area contributed by atoms with E-state index in [1.807, 2.05) is 32.0 Å². The molecule has 1 aliphatic carbocycles. The minimum absolute atomic E-state index is 0.156. The topological polar surface area (TPSA) is 75.7 Å². The normalized spacial score (nSPS) is 20.2. The van der Waals surface area contributed by atoms with Crippen LogP contribution in [0.3, 0.4) is 0 Å². The van der Waals surface area contributed by atoms with Gasteiger partial charge in [0.15, 0.2) is 6.61 Å². The van der Waals surface area contributed by atoms with Crippen LogP contribution >= 0.6 is 23.2 Å². The van der Waals surface area contributed by atoms with Crippen LogP contribution in [0.15, 0.2) is 18.2 Å². The van der Waals surface area contributed by atoms with Crippen molar-refractivity contribution in [2.75, 3.05) is 25.5 Å². The maximum absolute atomic E-state index is 12.2. The van der Waals surface area contributed by atoms with Crippen molar-refractivity contribution in [2.45, 2.75) is 31.5 Å². The number of para-hydroxylation sites is 1. The standard InChI is InChI=1S/C18H22Cl2N2O4/c1-11-6-5-7-12(2)15(11)21-13(23)8-22(4)14(24)9-26-16(25)17(3)10-18(17,19)20/h5-7H,8-10H2,1-4H3,(H,21,23). The minimum atomic E-state index is -1.15. The van der Waals surface area contributed by atoms with Gasteiger partial charge in [-0.05, 0) is 31.9 Å². The van der Waals surface area contributed by atoms with Crippen LogP contribution in [0.1, 0.15) is 24.5 Å². The van der Waals surface area contributed by atoms with E-state index in [0.717, 1.165) is 16.8 Å². The molecule has 0 saturated heterocycles. The number of nitrogens with one attached hydrogen (secondary N) is 1. The average molecular weight is 401 g/mol. The van der Waals surface area contributed by atoms with Gasteiger partial charge in [-0.25, -0.2) is 0 Å². The van der Waals surface area contributed by atoms with E-state index in [0.29, 0.717) is 0 Å². The van der Waals surface area contributed by atoms with Crippen LogP contribution in [0.25, 0.3) is 0 Å². The molecule has 1 fully saturated rings. The van der Waals surface area contributed by atoms with Crippen LogP contribution in [-0.2, 0) is 19.1 Å². The molecule has 0 spiro atoms. The first-order chi connectivity index (χ1) is 12.0. The Balaban J connectivity index is 1.83. The smallest absolute Gasteiger partial charge is 0.315 e. The summed E-state index contributed by atoms with van der Waals surface area (Å²) in [6, 6.07) is 5.69. The highest BCUT2D eigenvalue weighted by molar-refractivity contribution is 6.53. The predicted molar refractivity (Wildman–Crippen MR) is 100 cm³/mol. The molecule has 142 valence electrons. The van der Waals surface area contributed by atoms with Crippen LogP contribution in [0, 0.1) is 19.3 Å². The maximum Gasteiger partial charge on any atom is 0.315 e. The minimum Gasteiger partial charge on any atom is -0.455 e. The van der Waals surface area contributed by atoms with E-state index in [1.54, 1.807) is 6.92 Å². The van der Waals surface area contributed by atoms with E-state index in [4.69, 9.17) is 27.9 Å². The van der Waals surface area contributed by atoms with Crippen LogP contribution in [0.4, 0.5) is 5.69 Å². The Bertz CT molecular complexity index is 730. The Kier molecular flexibility index (Phi) is 5.88. The summed E-state index contributed by atoms with van der Waals surface area (Å²) in [5, 5.41) is 2.80. The highest BCUT2D eigenvalue weighted by Crippen LogP contribution is 2.64. The molecule has 0 aromatic heterocycles. The highest BCUT2D eigenvalue weighted by Gasteiger charge is 2.69. The van der Waals surface area contributed by atoms with Crippen molar-refractivity contribution < 1.29 is 19.1 Å². The number of alkyl halides is 2. The first-order valence-corrected chi connectivity index (χ1v) is 8.88. The van der Waals surface area contributed by atoms with Crippen molar-refractivity contribution in [3.05, 3.63) is 29.3 Å². The van der Waals surface area contributed by atoms with Gasteiger partial charge in [-0.15, -0.1) is 23.2 Å². The quantitative estimate of drug-likeness (QED) is 0.588. The number of halogens is 2. The summed E-state index contributed by atoms with van der Waals surface area (Å²) in [7, 11) is 1.46. The van der Waals surface area contributed by atoms with Gasteiger partial charge in [-0.3, -0.25) is 14.4 Å². The predicted octanol–water partition coefficient (Wildman–Crippen LogP) is 2.83. The zero-order chi connectivity index (χ0) is 19.7. The van der Waals surface area contributed by atoms with E-state index in [9.17, 15) is 14.4 Å². The molecule has 1 aromatic rings. The largest absolute Gasteiger partial charge is 0.455 e. The maximum atomic E-state index is 12.2. The Morgan fingerprint density at radius 3 is 2.27 bits per heavy atom. The lowest BCUT2D eigenvalue weighted by molar-refractivity contribution is -0.156. The fourth-order valence-corrected chi connectivity index (χ4v) is 3.20. The lowest BCUT2D eigenvalue weighted by Gasteiger charge is -2.19. The summed E-state index contributed by atoms with van der Waals surface area (Å²) in [5.74, 6) is -1.45. The molecule has 1 aromatic carbocycles. The molecule has 1 atom stereocenters. The van der Waals surface area contributed by atoms with Gasteiger partial charge < -0.3 is 15.0 Å². The Morgan fingerprint density at radius 2 is 1.77 bits per heavy atom. The molecular weight excluding hydrogens is 379 g/mol. The number of esters is 1. The second kappa shape index (κ2) is 7.45. The molecule has 2 rings (SSSR count). The highest BCUT2D eigenvalue weighted by atomic mass is 35.5. The molecule has 1 unspecified atom stereocenters. The molecular formula is C18H22Cl2N2O4. The number of carbonyl (C=O) groups excluding carboxylic acids is 3. The van der Waals surface area contributed by atoms with Gasteiger partial charge in [0.05, 0.1) is 6.54 Å². The number of hydrogen-bond donors (Lipinski definition) is 1. The molecule has 6 nitrogen and oxygen atoms in total. The number of ether oxygens (including phenoxy) is 1. The van der Waals surface area contributed by atoms with Gasteiger partial charge in [0.2, 0.25) is 5.91 Å². The molecule has 0 radical (unpaired) electrons. The third kappa shape index (κ3) is 4.30. The molecule has 26 heavy (non-hydrogen) atoms. The first kappa shape index (κ1) is 20.5. The van der Waals surface area contributed by atoms with E-state index in [1.165, 1.54) is 11.9 Å². The van der Waals surface area contributed by atoms with Crippen molar-refractivity contribution >= 4 is 46.7 Å². The zero-order valence-corrected chi connectivity index (χ0v) is 16.7. The van der Waals surface area contributed by atoms with E-state index >= 15 is 0 Å². The molecule has 1 N–H and O–H groups in total. The molecule has 0 heterocycles. The lowest BCUT2D eigenvalue weighted by Crippen LogP contribution is -2.38. The van der Waals surface area contributed by atoms with Crippen molar-refractivity contribution in [1.82, 2.24) is 4.90 Å². The number of carbonyl (C=O) groups is 3. The third-order valence-corrected chi connectivity index (χ3v) is 5.69. The van der Waals surface area contributed by atoms with Gasteiger partial charge >= 0.3 is 5.97 Å². The van der Waals surface area contributed by atoms with Gasteiger partial charge in [0.25, 0.3) is 5.91 Å². The van der Waals surface area contributed by atoms with Gasteiger partial charge in [-0.1, -0.05) is 18.2 Å². The number of hydrogen-bond acceptors (Lipinski definition) is 4. The van der Waals surface area contributed by atoms with Gasteiger partial charge in [0, 0.05) is 19.2 Å². The van der Waals surface area contributed by atoms with E-state index in [-0.39, 0.29) is 18.9 Å². The summed E-state index contributed by atoms with van der Waals surface area (Å²) in [4.78, 5) is 37.4. The SMILES string of the molecule is Cc1cccc(C)c1NC(=O)CN(C)C(=O)COC(=O)C1(C)CC1(Cl)Cl. The monoisotopic (exact) mass is 400 g/mol. The molecule has 0 aliphatic heterocycles. The van der Waals surface area contributed by atoms with Crippen molar-refractivity contribution in [1.29, 1.82) is 0 Å². The van der Waals surface area contributed by atoms with Crippen LogP contribution < -0.4 is 5.32 Å². The Hall–Kier alpha value is -1.79. The second-order valence-electron chi connectivity index (χ2n) is 6.85. The van der Waals surface area contributed by atoms with Gasteiger partial charge in [-0.2, -0.15) is 0 Å².